The van der Waals surface area contributed by atoms with Crippen molar-refractivity contribution in [3.05, 3.63) is 52.9 Å². The van der Waals surface area contributed by atoms with Crippen LogP contribution < -0.4 is 15.8 Å². The summed E-state index contributed by atoms with van der Waals surface area (Å²) in [6.07, 6.45) is -1.04. The van der Waals surface area contributed by atoms with Crippen LogP contribution in [0.4, 0.5) is 39.3 Å². The normalized spacial score (nSPS) is 15.2. The number of benzene rings is 1. The Morgan fingerprint density at radius 3 is 2.28 bits per heavy atom. The maximum atomic E-state index is 13.6. The van der Waals surface area contributed by atoms with E-state index in [-0.39, 0.29) is 17.0 Å². The quantitative estimate of drug-likeness (QED) is 0.567. The standard InChI is InChI=1S/C21H20F5N5O/c22-20(23,21(24,25)26)13-31-17(32)9-4-14-12-27-19(29-18(14)31)28-15-5-7-16(8-6-15)30-10-2-1-3-11-30/h4-9,12H,1-3,10-11,13H2,(H,27,28,29). The molecule has 0 amide bonds. The molecule has 1 fully saturated rings. The van der Waals surface area contributed by atoms with Crippen molar-refractivity contribution in [3.63, 3.8) is 0 Å². The predicted octanol–water partition coefficient (Wildman–Crippen LogP) is 4.72. The third-order valence-electron chi connectivity index (χ3n) is 5.34. The predicted molar refractivity (Wildman–Crippen MR) is 111 cm³/mol. The molecule has 11 heteroatoms. The molecule has 1 aliphatic rings. The minimum Gasteiger partial charge on any atom is -0.372 e. The topological polar surface area (TPSA) is 63.1 Å². The molecule has 0 aliphatic carbocycles. The van der Waals surface area contributed by atoms with Crippen LogP contribution in [-0.2, 0) is 6.54 Å². The lowest BCUT2D eigenvalue weighted by atomic mass is 10.1. The molecule has 4 rings (SSSR count). The van der Waals surface area contributed by atoms with Crippen LogP contribution in [0.15, 0.2) is 47.4 Å². The summed E-state index contributed by atoms with van der Waals surface area (Å²) in [5.41, 5.74) is 0.342. The van der Waals surface area contributed by atoms with Gasteiger partial charge in [0, 0.05) is 42.1 Å². The van der Waals surface area contributed by atoms with Crippen molar-refractivity contribution in [1.82, 2.24) is 14.5 Å². The van der Waals surface area contributed by atoms with E-state index in [0.29, 0.717) is 10.3 Å². The Bertz CT molecular complexity index is 1150. The molecule has 0 saturated carbocycles. The van der Waals surface area contributed by atoms with E-state index in [1.807, 2.05) is 12.1 Å². The lowest BCUT2D eigenvalue weighted by molar-refractivity contribution is -0.286. The Hall–Kier alpha value is -3.24. The van der Waals surface area contributed by atoms with Crippen LogP contribution >= 0.6 is 0 Å². The number of rotatable bonds is 5. The highest BCUT2D eigenvalue weighted by atomic mass is 19.4. The summed E-state index contributed by atoms with van der Waals surface area (Å²) in [6.45, 7) is 0.106. The summed E-state index contributed by atoms with van der Waals surface area (Å²) in [7, 11) is 0. The van der Waals surface area contributed by atoms with Gasteiger partial charge in [-0.3, -0.25) is 9.36 Å². The largest absolute Gasteiger partial charge is 0.455 e. The minimum absolute atomic E-state index is 0.0297. The molecular weight excluding hydrogens is 433 g/mol. The Kier molecular flexibility index (Phi) is 5.74. The molecule has 170 valence electrons. The summed E-state index contributed by atoms with van der Waals surface area (Å²) in [5.74, 6) is -5.12. The summed E-state index contributed by atoms with van der Waals surface area (Å²) in [5, 5.41) is 3.06. The summed E-state index contributed by atoms with van der Waals surface area (Å²) in [4.78, 5) is 22.5. The summed E-state index contributed by atoms with van der Waals surface area (Å²) >= 11 is 0. The van der Waals surface area contributed by atoms with Gasteiger partial charge in [-0.25, -0.2) is 4.98 Å². The van der Waals surface area contributed by atoms with E-state index in [1.165, 1.54) is 18.7 Å². The number of hydrogen-bond donors (Lipinski definition) is 1. The summed E-state index contributed by atoms with van der Waals surface area (Å²) in [6, 6.07) is 9.63. The number of alkyl halides is 5. The third kappa shape index (κ3) is 4.51. The zero-order valence-corrected chi connectivity index (χ0v) is 16.9. The number of nitrogens with zero attached hydrogens (tertiary/aromatic N) is 4. The number of pyridine rings is 1. The lowest BCUT2D eigenvalue weighted by Gasteiger charge is -2.28. The number of halogens is 5. The van der Waals surface area contributed by atoms with E-state index in [1.54, 1.807) is 12.1 Å². The van der Waals surface area contributed by atoms with Crippen LogP contribution in [0.2, 0.25) is 0 Å². The van der Waals surface area contributed by atoms with E-state index < -0.39 is 24.2 Å². The van der Waals surface area contributed by atoms with Crippen molar-refractivity contribution in [2.45, 2.75) is 37.9 Å². The van der Waals surface area contributed by atoms with Gasteiger partial charge in [-0.05, 0) is 49.6 Å². The maximum absolute atomic E-state index is 13.6. The van der Waals surface area contributed by atoms with Gasteiger partial charge in [0.25, 0.3) is 5.56 Å². The van der Waals surface area contributed by atoms with E-state index >= 15 is 0 Å². The van der Waals surface area contributed by atoms with Gasteiger partial charge >= 0.3 is 12.1 Å². The first-order valence-electron chi connectivity index (χ1n) is 10.1. The van der Waals surface area contributed by atoms with Gasteiger partial charge in [-0.2, -0.15) is 26.9 Å². The second kappa shape index (κ2) is 8.36. The van der Waals surface area contributed by atoms with Gasteiger partial charge in [-0.1, -0.05) is 0 Å². The average Bonchev–Trinajstić information content (AvgIpc) is 2.76. The highest BCUT2D eigenvalue weighted by molar-refractivity contribution is 5.75. The van der Waals surface area contributed by atoms with Gasteiger partial charge in [0.15, 0.2) is 0 Å². The highest BCUT2D eigenvalue weighted by Crippen LogP contribution is 2.36. The molecule has 1 aromatic carbocycles. The van der Waals surface area contributed by atoms with Crippen LogP contribution in [0.5, 0.6) is 0 Å². The van der Waals surface area contributed by atoms with E-state index in [0.717, 1.165) is 37.7 Å². The molecule has 1 N–H and O–H groups in total. The molecule has 1 aliphatic heterocycles. The van der Waals surface area contributed by atoms with E-state index in [2.05, 4.69) is 20.2 Å². The summed E-state index contributed by atoms with van der Waals surface area (Å²) < 4.78 is 65.6. The number of hydrogen-bond acceptors (Lipinski definition) is 5. The molecule has 3 aromatic rings. The maximum Gasteiger partial charge on any atom is 0.455 e. The number of fused-ring (bicyclic) bond motifs is 1. The molecule has 6 nitrogen and oxygen atoms in total. The number of piperidine rings is 1. The molecule has 0 spiro atoms. The average molecular weight is 453 g/mol. The molecular formula is C21H20F5N5O. The fourth-order valence-electron chi connectivity index (χ4n) is 3.61. The molecule has 0 bridgehead atoms. The molecule has 0 unspecified atom stereocenters. The second-order valence-electron chi connectivity index (χ2n) is 7.65. The van der Waals surface area contributed by atoms with Crippen molar-refractivity contribution >= 4 is 28.4 Å². The van der Waals surface area contributed by atoms with Gasteiger partial charge in [0.05, 0.1) is 0 Å². The highest BCUT2D eigenvalue weighted by Gasteiger charge is 2.57. The first-order valence-corrected chi connectivity index (χ1v) is 10.1. The van der Waals surface area contributed by atoms with Crippen LogP contribution in [0.1, 0.15) is 19.3 Å². The Morgan fingerprint density at radius 1 is 0.938 bits per heavy atom. The molecule has 0 atom stereocenters. The third-order valence-corrected chi connectivity index (χ3v) is 5.34. The van der Waals surface area contributed by atoms with Crippen LogP contribution in [0.3, 0.4) is 0 Å². The molecule has 32 heavy (non-hydrogen) atoms. The van der Waals surface area contributed by atoms with Crippen molar-refractivity contribution < 1.29 is 22.0 Å². The van der Waals surface area contributed by atoms with Gasteiger partial charge in [0.1, 0.15) is 12.2 Å². The van der Waals surface area contributed by atoms with Crippen molar-refractivity contribution in [3.8, 4) is 0 Å². The van der Waals surface area contributed by atoms with Gasteiger partial charge < -0.3 is 10.2 Å². The van der Waals surface area contributed by atoms with Crippen LogP contribution in [0, 0.1) is 0 Å². The fourth-order valence-corrected chi connectivity index (χ4v) is 3.61. The number of anilines is 3. The minimum atomic E-state index is -5.79. The molecule has 3 heterocycles. The lowest BCUT2D eigenvalue weighted by Crippen LogP contribution is -2.43. The second-order valence-corrected chi connectivity index (χ2v) is 7.65. The smallest absolute Gasteiger partial charge is 0.372 e. The Morgan fingerprint density at radius 2 is 1.62 bits per heavy atom. The molecule has 0 radical (unpaired) electrons. The monoisotopic (exact) mass is 453 g/mol. The fraction of sp³-hybridized carbons (Fsp3) is 0.381. The zero-order chi connectivity index (χ0) is 22.9. The van der Waals surface area contributed by atoms with Gasteiger partial charge in [0.2, 0.25) is 5.95 Å². The zero-order valence-electron chi connectivity index (χ0n) is 16.9. The van der Waals surface area contributed by atoms with Crippen LogP contribution in [0.25, 0.3) is 11.0 Å². The first kappa shape index (κ1) is 22.0. The Labute approximate surface area is 179 Å². The van der Waals surface area contributed by atoms with Crippen molar-refractivity contribution in [2.24, 2.45) is 0 Å². The van der Waals surface area contributed by atoms with E-state index in [4.69, 9.17) is 0 Å². The molecule has 2 aromatic heterocycles. The van der Waals surface area contributed by atoms with Crippen molar-refractivity contribution in [2.75, 3.05) is 23.3 Å². The van der Waals surface area contributed by atoms with Crippen LogP contribution in [-0.4, -0.2) is 39.7 Å². The van der Waals surface area contributed by atoms with Crippen molar-refractivity contribution in [1.29, 1.82) is 0 Å². The SMILES string of the molecule is O=c1ccc2cnc(Nc3ccc(N4CCCCC4)cc3)nc2n1CC(F)(F)C(F)(F)F. The van der Waals surface area contributed by atoms with E-state index in [9.17, 15) is 26.7 Å². The number of nitrogens with one attached hydrogen (secondary N) is 1. The first-order chi connectivity index (χ1) is 15.1. The Balaban J connectivity index is 1.61. The van der Waals surface area contributed by atoms with Gasteiger partial charge in [-0.15, -0.1) is 0 Å². The number of aromatic nitrogens is 3. The molecule has 1 saturated heterocycles.